The smallest absolute Gasteiger partial charge is 0.244 e. The molecule has 0 spiro atoms. The number of Topliss-reactive ketones (excluding diaryl/α,β-unsaturated/α-hetero) is 1. The summed E-state index contributed by atoms with van der Waals surface area (Å²) in [5.41, 5.74) is 6.88. The molecule has 3 N–H and O–H groups in total. The van der Waals surface area contributed by atoms with Gasteiger partial charge in [0, 0.05) is 56.4 Å². The zero-order valence-electron chi connectivity index (χ0n) is 24.3. The molecule has 1 aliphatic heterocycles. The van der Waals surface area contributed by atoms with Crippen molar-refractivity contribution in [2.75, 3.05) is 64.2 Å². The van der Waals surface area contributed by atoms with Crippen LogP contribution >= 0.6 is 0 Å². The van der Waals surface area contributed by atoms with Gasteiger partial charge in [-0.3, -0.25) is 19.5 Å². The number of aliphatic hydroxyl groups is 1. The molecule has 1 aromatic carbocycles. The molecule has 220 valence electrons. The molecule has 3 heterocycles. The number of hydrogen-bond acceptors (Lipinski definition) is 10. The van der Waals surface area contributed by atoms with Crippen molar-refractivity contribution in [1.82, 2.24) is 24.8 Å². The first kappa shape index (κ1) is 29.5. The van der Waals surface area contributed by atoms with E-state index in [0.717, 1.165) is 59.8 Å². The van der Waals surface area contributed by atoms with Crippen LogP contribution in [0.1, 0.15) is 28.1 Å². The SMILES string of the molecule is COC[C@H](C(=O)Nc1cccc2c1CC=C2c1nc(Nc2ccc(CC(=O)CO)nc2)ncc1C)N1CCN(C)CC1. The average Bonchev–Trinajstić information content (AvgIpc) is 3.43. The summed E-state index contributed by atoms with van der Waals surface area (Å²) >= 11 is 0. The number of allylic oxidation sites excluding steroid dienone is 1. The number of carbonyl (C=O) groups is 2. The van der Waals surface area contributed by atoms with E-state index in [-0.39, 0.29) is 24.2 Å². The third-order valence-electron chi connectivity index (χ3n) is 7.70. The zero-order chi connectivity index (χ0) is 29.6. The number of benzene rings is 1. The molecule has 1 saturated heterocycles. The van der Waals surface area contributed by atoms with Crippen LogP contribution in [0.25, 0.3) is 5.57 Å². The summed E-state index contributed by atoms with van der Waals surface area (Å²) in [6, 6.07) is 9.14. The Morgan fingerprint density at radius 3 is 2.62 bits per heavy atom. The van der Waals surface area contributed by atoms with Crippen molar-refractivity contribution in [3.8, 4) is 0 Å². The van der Waals surface area contributed by atoms with E-state index in [9.17, 15) is 9.59 Å². The molecule has 0 radical (unpaired) electrons. The molecular weight excluding hydrogens is 534 g/mol. The fraction of sp³-hybridized carbons (Fsp3) is 0.387. The third-order valence-corrected chi connectivity index (χ3v) is 7.70. The number of likely N-dealkylation sites (N-methyl/N-ethyl adjacent to an activating group) is 1. The second-order valence-electron chi connectivity index (χ2n) is 10.7. The van der Waals surface area contributed by atoms with Crippen molar-refractivity contribution < 1.29 is 19.4 Å². The van der Waals surface area contributed by atoms with Gasteiger partial charge in [-0.1, -0.05) is 18.2 Å². The fourth-order valence-electron chi connectivity index (χ4n) is 5.33. The van der Waals surface area contributed by atoms with Crippen molar-refractivity contribution in [2.24, 2.45) is 0 Å². The van der Waals surface area contributed by atoms with Gasteiger partial charge in [-0.2, -0.15) is 0 Å². The standard InChI is InChI=1S/C31H37N7O4/c1-20-16-33-31(34-22-8-7-21(32-17-22)15-23(40)18-39)36-29(20)26-10-9-25-24(26)5-4-6-27(25)35-30(41)28(19-42-3)38-13-11-37(2)12-14-38/h4-8,10,16-17,28,39H,9,11-15,18-19H2,1-3H3,(H,35,41)(H,33,34,36)/t28-/m1/s1. The highest BCUT2D eigenvalue weighted by Crippen LogP contribution is 2.37. The van der Waals surface area contributed by atoms with Crippen LogP contribution in [0.4, 0.5) is 17.3 Å². The van der Waals surface area contributed by atoms with Gasteiger partial charge in [-0.05, 0) is 55.3 Å². The zero-order valence-corrected chi connectivity index (χ0v) is 24.3. The van der Waals surface area contributed by atoms with Gasteiger partial charge >= 0.3 is 0 Å². The predicted molar refractivity (Wildman–Crippen MR) is 161 cm³/mol. The Kier molecular flexibility index (Phi) is 9.33. The molecule has 11 heteroatoms. The Morgan fingerprint density at radius 1 is 1.10 bits per heavy atom. The van der Waals surface area contributed by atoms with Crippen LogP contribution in [0, 0.1) is 6.92 Å². The second-order valence-corrected chi connectivity index (χ2v) is 10.7. The van der Waals surface area contributed by atoms with E-state index in [1.165, 1.54) is 0 Å². The Balaban J connectivity index is 1.32. The normalized spacial score (nSPS) is 16.0. The first-order chi connectivity index (χ1) is 20.4. The van der Waals surface area contributed by atoms with Gasteiger partial charge in [0.15, 0.2) is 5.78 Å². The number of aryl methyl sites for hydroxylation is 1. The van der Waals surface area contributed by atoms with Gasteiger partial charge < -0.3 is 25.4 Å². The maximum Gasteiger partial charge on any atom is 0.244 e. The number of piperazine rings is 1. The van der Waals surface area contributed by atoms with Crippen LogP contribution < -0.4 is 10.6 Å². The van der Waals surface area contributed by atoms with Crippen LogP contribution in [0.15, 0.2) is 48.8 Å². The van der Waals surface area contributed by atoms with Crippen LogP contribution in [-0.2, 0) is 27.2 Å². The number of hydrogen-bond donors (Lipinski definition) is 3. The molecule has 5 rings (SSSR count). The topological polar surface area (TPSA) is 133 Å². The molecule has 0 unspecified atom stereocenters. The van der Waals surface area contributed by atoms with Crippen LogP contribution in [0.5, 0.6) is 0 Å². The first-order valence-corrected chi connectivity index (χ1v) is 14.1. The van der Waals surface area contributed by atoms with Crippen molar-refractivity contribution in [3.05, 3.63) is 76.9 Å². The number of ether oxygens (including phenoxy) is 1. The number of anilines is 3. The monoisotopic (exact) mass is 571 g/mol. The second kappa shape index (κ2) is 13.3. The number of fused-ring (bicyclic) bond motifs is 1. The summed E-state index contributed by atoms with van der Waals surface area (Å²) in [5, 5.41) is 15.3. The summed E-state index contributed by atoms with van der Waals surface area (Å²) in [5.74, 6) is 0.0747. The number of aliphatic hydroxyl groups excluding tert-OH is 1. The maximum absolute atomic E-state index is 13.5. The summed E-state index contributed by atoms with van der Waals surface area (Å²) in [6.45, 7) is 5.30. The van der Waals surface area contributed by atoms with Crippen LogP contribution in [0.2, 0.25) is 0 Å². The lowest BCUT2D eigenvalue weighted by Crippen LogP contribution is -2.54. The molecule has 3 aromatic rings. The van der Waals surface area contributed by atoms with Crippen LogP contribution in [-0.4, -0.2) is 101 Å². The highest BCUT2D eigenvalue weighted by molar-refractivity contribution is 5.97. The van der Waals surface area contributed by atoms with E-state index in [1.807, 2.05) is 19.1 Å². The molecule has 0 saturated carbocycles. The minimum atomic E-state index is -0.501. The molecule has 1 atom stereocenters. The van der Waals surface area contributed by atoms with Crippen molar-refractivity contribution in [3.63, 3.8) is 0 Å². The summed E-state index contributed by atoms with van der Waals surface area (Å²) in [4.78, 5) is 43.0. The van der Waals surface area contributed by atoms with Gasteiger partial charge in [0.25, 0.3) is 0 Å². The number of nitrogens with one attached hydrogen (secondary N) is 2. The molecule has 1 aliphatic carbocycles. The third kappa shape index (κ3) is 6.71. The first-order valence-electron chi connectivity index (χ1n) is 14.1. The molecule has 0 bridgehead atoms. The summed E-state index contributed by atoms with van der Waals surface area (Å²) < 4.78 is 5.43. The lowest BCUT2D eigenvalue weighted by atomic mass is 9.99. The minimum absolute atomic E-state index is 0.0617. The maximum atomic E-state index is 13.5. The van der Waals surface area contributed by atoms with E-state index in [2.05, 4.69) is 49.6 Å². The van der Waals surface area contributed by atoms with Gasteiger partial charge in [0.2, 0.25) is 11.9 Å². The number of amides is 1. The largest absolute Gasteiger partial charge is 0.389 e. The van der Waals surface area contributed by atoms with E-state index in [4.69, 9.17) is 14.8 Å². The van der Waals surface area contributed by atoms with E-state index in [1.54, 1.807) is 31.6 Å². The Bertz CT molecular complexity index is 1470. The number of pyridine rings is 1. The summed E-state index contributed by atoms with van der Waals surface area (Å²) in [6.07, 6.45) is 6.29. The Morgan fingerprint density at radius 2 is 1.90 bits per heavy atom. The van der Waals surface area contributed by atoms with Gasteiger partial charge in [-0.15, -0.1) is 0 Å². The highest BCUT2D eigenvalue weighted by atomic mass is 16.5. The van der Waals surface area contributed by atoms with Crippen molar-refractivity contribution in [2.45, 2.75) is 25.8 Å². The number of rotatable bonds is 11. The summed E-state index contributed by atoms with van der Waals surface area (Å²) in [7, 11) is 3.73. The van der Waals surface area contributed by atoms with E-state index < -0.39 is 6.61 Å². The average molecular weight is 572 g/mol. The lowest BCUT2D eigenvalue weighted by Gasteiger charge is -2.36. The molecule has 1 fully saturated rings. The number of methoxy groups -OCH3 is 1. The Labute approximate surface area is 245 Å². The number of ketones is 1. The minimum Gasteiger partial charge on any atom is -0.389 e. The lowest BCUT2D eigenvalue weighted by molar-refractivity contribution is -0.124. The van der Waals surface area contributed by atoms with Crippen molar-refractivity contribution >= 4 is 34.6 Å². The number of carbonyl (C=O) groups excluding carboxylic acids is 2. The quantitative estimate of drug-likeness (QED) is 0.315. The molecular formula is C31H37N7O4. The highest BCUT2D eigenvalue weighted by Gasteiger charge is 2.30. The van der Waals surface area contributed by atoms with Gasteiger partial charge in [0.1, 0.15) is 12.6 Å². The number of aromatic nitrogens is 3. The van der Waals surface area contributed by atoms with Gasteiger partial charge in [-0.25, -0.2) is 9.97 Å². The van der Waals surface area contributed by atoms with Crippen molar-refractivity contribution in [1.29, 1.82) is 0 Å². The van der Waals surface area contributed by atoms with E-state index >= 15 is 0 Å². The molecule has 1 amide bonds. The fourth-order valence-corrected chi connectivity index (χ4v) is 5.33. The molecule has 2 aromatic heterocycles. The van der Waals surface area contributed by atoms with Gasteiger partial charge in [0.05, 0.1) is 30.6 Å². The van der Waals surface area contributed by atoms with E-state index in [0.29, 0.717) is 30.4 Å². The van der Waals surface area contributed by atoms with Crippen LogP contribution in [0.3, 0.4) is 0 Å². The number of nitrogens with zero attached hydrogens (tertiary/aromatic N) is 5. The molecule has 11 nitrogen and oxygen atoms in total. The Hall–Kier alpha value is -4.03. The molecule has 42 heavy (non-hydrogen) atoms. The molecule has 2 aliphatic rings. The predicted octanol–water partition coefficient (Wildman–Crippen LogP) is 2.22.